The summed E-state index contributed by atoms with van der Waals surface area (Å²) < 4.78 is 26.4. The number of carbonyl (C=O) groups is 1. The third kappa shape index (κ3) is 11.6. The van der Waals surface area contributed by atoms with Crippen molar-refractivity contribution < 1.29 is 13.2 Å². The van der Waals surface area contributed by atoms with Gasteiger partial charge in [0.25, 0.3) is 0 Å². The molecule has 1 aliphatic rings. The van der Waals surface area contributed by atoms with Crippen LogP contribution in [0.5, 0.6) is 0 Å². The molecule has 0 atom stereocenters. The number of rotatable bonds is 8. The van der Waals surface area contributed by atoms with Crippen LogP contribution in [0.2, 0.25) is 0 Å². The summed E-state index contributed by atoms with van der Waals surface area (Å²) in [6, 6.07) is 0. The number of nitrogens with zero attached hydrogens (tertiary/aromatic N) is 1. The third-order valence-corrected chi connectivity index (χ3v) is 4.98. The fourth-order valence-electron chi connectivity index (χ4n) is 2.16. The fourth-order valence-corrected chi connectivity index (χ4v) is 3.17. The zero-order chi connectivity index (χ0) is 18.2. The van der Waals surface area contributed by atoms with Crippen molar-refractivity contribution in [3.05, 3.63) is 0 Å². The number of hydrogen-bond donors (Lipinski definition) is 4. The van der Waals surface area contributed by atoms with Crippen molar-refractivity contribution >= 4 is 45.9 Å². The van der Waals surface area contributed by atoms with Gasteiger partial charge in [-0.25, -0.2) is 13.1 Å². The van der Waals surface area contributed by atoms with Crippen molar-refractivity contribution in [2.24, 2.45) is 10.9 Å². The zero-order valence-electron chi connectivity index (χ0n) is 15.5. The van der Waals surface area contributed by atoms with Gasteiger partial charge in [-0.15, -0.1) is 24.0 Å². The predicted molar refractivity (Wildman–Crippen MR) is 112 cm³/mol. The molecule has 0 heterocycles. The van der Waals surface area contributed by atoms with Gasteiger partial charge in [-0.05, 0) is 39.5 Å². The average Bonchev–Trinajstić information content (AvgIpc) is 2.38. The molecule has 1 rings (SSSR count). The average molecular weight is 489 g/mol. The van der Waals surface area contributed by atoms with E-state index in [4.69, 9.17) is 0 Å². The second kappa shape index (κ2) is 11.2. The summed E-state index contributed by atoms with van der Waals surface area (Å²) in [4.78, 5) is 15.7. The van der Waals surface area contributed by atoms with Gasteiger partial charge in [-0.2, -0.15) is 0 Å². The lowest BCUT2D eigenvalue weighted by atomic mass is 9.86. The summed E-state index contributed by atoms with van der Waals surface area (Å²) in [5.41, 5.74) is -0.296. The molecule has 0 unspecified atom stereocenters. The topological polar surface area (TPSA) is 112 Å². The second-order valence-corrected chi connectivity index (χ2v) is 9.04. The lowest BCUT2D eigenvalue weighted by molar-refractivity contribution is -0.121. The summed E-state index contributed by atoms with van der Waals surface area (Å²) in [6.07, 6.45) is 3.40. The molecule has 0 bridgehead atoms. The quantitative estimate of drug-likeness (QED) is 0.224. The Balaban J connectivity index is 0.00000576. The minimum atomic E-state index is -3.29. The first-order chi connectivity index (χ1) is 11.1. The largest absolute Gasteiger partial charge is 0.355 e. The fraction of sp³-hybridized carbons (Fsp3) is 0.867. The van der Waals surface area contributed by atoms with Crippen LogP contribution in [0, 0.1) is 5.92 Å². The predicted octanol–water partition coefficient (Wildman–Crippen LogP) is 0.404. The summed E-state index contributed by atoms with van der Waals surface area (Å²) in [7, 11) is -1.72. The number of hydrogen-bond acceptors (Lipinski definition) is 4. The molecular formula is C15H32IN5O3S. The zero-order valence-corrected chi connectivity index (χ0v) is 18.7. The molecule has 8 nitrogen and oxygen atoms in total. The van der Waals surface area contributed by atoms with Crippen molar-refractivity contribution in [2.75, 3.05) is 32.4 Å². The van der Waals surface area contributed by atoms with Gasteiger partial charge in [0.2, 0.25) is 15.9 Å². The Morgan fingerprint density at radius 1 is 1.20 bits per heavy atom. The molecule has 0 aromatic rings. The Labute approximate surface area is 168 Å². The first-order valence-corrected chi connectivity index (χ1v) is 9.99. The number of amides is 1. The highest BCUT2D eigenvalue weighted by Crippen LogP contribution is 2.25. The van der Waals surface area contributed by atoms with Crippen LogP contribution in [0.1, 0.15) is 40.0 Å². The van der Waals surface area contributed by atoms with Crippen LogP contribution in [-0.4, -0.2) is 58.3 Å². The molecule has 0 saturated heterocycles. The van der Waals surface area contributed by atoms with Crippen LogP contribution in [0.3, 0.4) is 0 Å². The molecule has 25 heavy (non-hydrogen) atoms. The maximum absolute atomic E-state index is 11.9. The Hall–Kier alpha value is -0.620. The van der Waals surface area contributed by atoms with E-state index in [1.54, 1.807) is 7.05 Å². The molecule has 148 valence electrons. The normalized spacial score (nSPS) is 15.8. The summed E-state index contributed by atoms with van der Waals surface area (Å²) in [5, 5.41) is 8.58. The van der Waals surface area contributed by atoms with Crippen LogP contribution >= 0.6 is 24.0 Å². The Kier molecular flexibility index (Phi) is 10.9. The molecule has 10 heteroatoms. The van der Waals surface area contributed by atoms with E-state index in [9.17, 15) is 13.2 Å². The molecule has 0 aromatic heterocycles. The molecule has 4 N–H and O–H groups in total. The first-order valence-electron chi connectivity index (χ1n) is 8.34. The van der Waals surface area contributed by atoms with E-state index in [0.717, 1.165) is 12.8 Å². The van der Waals surface area contributed by atoms with Gasteiger partial charge >= 0.3 is 0 Å². The minimum Gasteiger partial charge on any atom is -0.355 e. The summed E-state index contributed by atoms with van der Waals surface area (Å²) in [6.45, 7) is 6.53. The molecule has 1 fully saturated rings. The maximum Gasteiger partial charge on any atom is 0.239 e. The highest BCUT2D eigenvalue weighted by Gasteiger charge is 2.20. The van der Waals surface area contributed by atoms with Gasteiger partial charge in [0.05, 0.1) is 12.3 Å². The molecule has 0 spiro atoms. The van der Waals surface area contributed by atoms with Crippen LogP contribution < -0.4 is 20.7 Å². The van der Waals surface area contributed by atoms with Crippen molar-refractivity contribution in [1.82, 2.24) is 20.7 Å². The number of nitrogens with one attached hydrogen (secondary N) is 4. The van der Waals surface area contributed by atoms with Gasteiger partial charge in [0, 0.05) is 25.7 Å². The number of sulfonamides is 1. The Bertz CT molecular complexity index is 542. The van der Waals surface area contributed by atoms with E-state index >= 15 is 0 Å². The highest BCUT2D eigenvalue weighted by atomic mass is 127. The monoisotopic (exact) mass is 489 g/mol. The third-order valence-electron chi connectivity index (χ3n) is 3.63. The first kappa shape index (κ1) is 24.4. The molecule has 0 aromatic carbocycles. The number of carbonyl (C=O) groups excluding carboxylic acids is 1. The van der Waals surface area contributed by atoms with E-state index in [-0.39, 0.29) is 54.3 Å². The van der Waals surface area contributed by atoms with Crippen molar-refractivity contribution in [3.63, 3.8) is 0 Å². The highest BCUT2D eigenvalue weighted by molar-refractivity contribution is 14.0. The van der Waals surface area contributed by atoms with Crippen molar-refractivity contribution in [2.45, 2.75) is 45.6 Å². The van der Waals surface area contributed by atoms with Gasteiger partial charge in [0.15, 0.2) is 5.96 Å². The summed E-state index contributed by atoms with van der Waals surface area (Å²) >= 11 is 0. The van der Waals surface area contributed by atoms with E-state index in [1.165, 1.54) is 6.42 Å². The van der Waals surface area contributed by atoms with E-state index in [1.807, 2.05) is 20.8 Å². The maximum atomic E-state index is 11.9. The Morgan fingerprint density at radius 2 is 1.84 bits per heavy atom. The van der Waals surface area contributed by atoms with E-state index in [0.29, 0.717) is 18.4 Å². The van der Waals surface area contributed by atoms with E-state index in [2.05, 4.69) is 25.7 Å². The van der Waals surface area contributed by atoms with Crippen LogP contribution in [0.15, 0.2) is 4.99 Å². The molecule has 0 radical (unpaired) electrons. The van der Waals surface area contributed by atoms with Gasteiger partial charge in [-0.3, -0.25) is 9.79 Å². The number of guanidine groups is 1. The molecule has 1 aliphatic carbocycles. The second-order valence-electron chi connectivity index (χ2n) is 7.11. The number of halogens is 1. The molecule has 1 saturated carbocycles. The standard InChI is InChI=1S/C15H31N5O3S.HI/c1-15(2,3)20-13(21)11-18-14(16-4)17-8-9-24(22,23)19-10-12-6-5-7-12;/h12,19H,5-11H2,1-4H3,(H,20,21)(H2,16,17,18);1H. The number of aliphatic imine (C=N–C) groups is 1. The molecular weight excluding hydrogens is 457 g/mol. The lowest BCUT2D eigenvalue weighted by Crippen LogP contribution is -2.48. The van der Waals surface area contributed by atoms with Gasteiger partial charge in [0.1, 0.15) is 0 Å². The minimum absolute atomic E-state index is 0. The van der Waals surface area contributed by atoms with Gasteiger partial charge < -0.3 is 16.0 Å². The van der Waals surface area contributed by atoms with Crippen LogP contribution in [0.25, 0.3) is 0 Å². The van der Waals surface area contributed by atoms with E-state index < -0.39 is 10.0 Å². The Morgan fingerprint density at radius 3 is 2.32 bits per heavy atom. The smallest absolute Gasteiger partial charge is 0.239 e. The lowest BCUT2D eigenvalue weighted by Gasteiger charge is -2.25. The van der Waals surface area contributed by atoms with Crippen LogP contribution in [-0.2, 0) is 14.8 Å². The molecule has 0 aliphatic heterocycles. The van der Waals surface area contributed by atoms with Crippen molar-refractivity contribution in [1.29, 1.82) is 0 Å². The van der Waals surface area contributed by atoms with Gasteiger partial charge in [-0.1, -0.05) is 6.42 Å². The van der Waals surface area contributed by atoms with Crippen LogP contribution in [0.4, 0.5) is 0 Å². The SMILES string of the molecule is CN=C(NCCS(=O)(=O)NCC1CCC1)NCC(=O)NC(C)(C)C.I. The van der Waals surface area contributed by atoms with Crippen molar-refractivity contribution in [3.8, 4) is 0 Å². The summed E-state index contributed by atoms with van der Waals surface area (Å²) in [5.74, 6) is 0.700. The molecule has 1 amide bonds.